The van der Waals surface area contributed by atoms with Crippen LogP contribution in [0.3, 0.4) is 0 Å². The van der Waals surface area contributed by atoms with E-state index >= 15 is 0 Å². The van der Waals surface area contributed by atoms with Crippen LogP contribution >= 0.6 is 39.9 Å². The number of hydrogen-bond acceptors (Lipinski definition) is 1. The van der Waals surface area contributed by atoms with Crippen molar-refractivity contribution in [1.82, 2.24) is 10.6 Å². The molecular formula is C13H21BrIN3. The van der Waals surface area contributed by atoms with Gasteiger partial charge in [-0.05, 0) is 44.0 Å². The maximum absolute atomic E-state index is 4.54. The van der Waals surface area contributed by atoms with Gasteiger partial charge in [-0.1, -0.05) is 22.0 Å². The Morgan fingerprint density at radius 3 is 2.33 bits per heavy atom. The standard InChI is InChI=1S/C13H20BrN3.HI/c1-4-15-13(16-5-2)17-9-11-6-7-12(14)8-10(11)3;/h6-8H,4-5,9H2,1-3H3,(H2,15,16,17);1H. The van der Waals surface area contributed by atoms with Gasteiger partial charge < -0.3 is 10.6 Å². The largest absolute Gasteiger partial charge is 0.357 e. The summed E-state index contributed by atoms with van der Waals surface area (Å²) in [5.74, 6) is 0.873. The second-order valence-corrected chi connectivity index (χ2v) is 4.71. The molecule has 0 saturated carbocycles. The summed E-state index contributed by atoms with van der Waals surface area (Å²) < 4.78 is 1.11. The van der Waals surface area contributed by atoms with Gasteiger partial charge in [0.15, 0.2) is 5.96 Å². The third kappa shape index (κ3) is 6.04. The van der Waals surface area contributed by atoms with Crippen LogP contribution in [0.25, 0.3) is 0 Å². The Labute approximate surface area is 135 Å². The monoisotopic (exact) mass is 425 g/mol. The first-order valence-electron chi connectivity index (χ1n) is 5.94. The van der Waals surface area contributed by atoms with E-state index in [9.17, 15) is 0 Å². The summed E-state index contributed by atoms with van der Waals surface area (Å²) >= 11 is 3.47. The Balaban J connectivity index is 0.00000289. The highest BCUT2D eigenvalue weighted by Gasteiger charge is 1.99. The molecule has 0 aliphatic carbocycles. The molecule has 0 aromatic heterocycles. The first kappa shape index (κ1) is 17.7. The fourth-order valence-corrected chi connectivity index (χ4v) is 1.99. The third-order valence-electron chi connectivity index (χ3n) is 2.40. The smallest absolute Gasteiger partial charge is 0.191 e. The number of benzene rings is 1. The molecule has 1 aromatic carbocycles. The minimum Gasteiger partial charge on any atom is -0.357 e. The molecule has 1 rings (SSSR count). The van der Waals surface area contributed by atoms with Gasteiger partial charge in [0.1, 0.15) is 0 Å². The van der Waals surface area contributed by atoms with Gasteiger partial charge in [0, 0.05) is 17.6 Å². The summed E-state index contributed by atoms with van der Waals surface area (Å²) in [5, 5.41) is 6.43. The van der Waals surface area contributed by atoms with Crippen molar-refractivity contribution in [3.05, 3.63) is 33.8 Å². The van der Waals surface area contributed by atoms with Crippen molar-refractivity contribution in [3.63, 3.8) is 0 Å². The number of guanidine groups is 1. The lowest BCUT2D eigenvalue weighted by molar-refractivity contribution is 0.838. The number of aliphatic imine (C=N–C) groups is 1. The zero-order chi connectivity index (χ0) is 12.7. The third-order valence-corrected chi connectivity index (χ3v) is 2.89. The Morgan fingerprint density at radius 1 is 1.22 bits per heavy atom. The summed E-state index contributed by atoms with van der Waals surface area (Å²) in [6.07, 6.45) is 0. The lowest BCUT2D eigenvalue weighted by Crippen LogP contribution is -2.37. The lowest BCUT2D eigenvalue weighted by Gasteiger charge is -2.10. The van der Waals surface area contributed by atoms with Gasteiger partial charge in [-0.3, -0.25) is 0 Å². The zero-order valence-corrected chi connectivity index (χ0v) is 15.0. The summed E-state index contributed by atoms with van der Waals surface area (Å²) in [7, 11) is 0. The van der Waals surface area contributed by atoms with Crippen molar-refractivity contribution in [2.75, 3.05) is 13.1 Å². The number of halogens is 2. The van der Waals surface area contributed by atoms with Crippen LogP contribution in [0, 0.1) is 6.92 Å². The van der Waals surface area contributed by atoms with Gasteiger partial charge in [0.2, 0.25) is 0 Å². The molecule has 0 fully saturated rings. The highest BCUT2D eigenvalue weighted by atomic mass is 127. The average molecular weight is 426 g/mol. The maximum Gasteiger partial charge on any atom is 0.191 e. The van der Waals surface area contributed by atoms with Crippen molar-refractivity contribution in [2.24, 2.45) is 4.99 Å². The van der Waals surface area contributed by atoms with Gasteiger partial charge in [-0.15, -0.1) is 24.0 Å². The number of hydrogen-bond donors (Lipinski definition) is 2. The predicted octanol–water partition coefficient (Wildman–Crippen LogP) is 3.45. The fourth-order valence-electron chi connectivity index (χ4n) is 1.51. The molecule has 0 spiro atoms. The number of nitrogens with one attached hydrogen (secondary N) is 2. The number of aryl methyl sites for hydroxylation is 1. The van der Waals surface area contributed by atoms with E-state index in [1.807, 2.05) is 0 Å². The van der Waals surface area contributed by atoms with Gasteiger partial charge in [-0.25, -0.2) is 4.99 Å². The molecule has 5 heteroatoms. The predicted molar refractivity (Wildman–Crippen MR) is 92.8 cm³/mol. The van der Waals surface area contributed by atoms with Crippen LogP contribution in [0.5, 0.6) is 0 Å². The fraction of sp³-hybridized carbons (Fsp3) is 0.462. The maximum atomic E-state index is 4.54. The van der Waals surface area contributed by atoms with E-state index in [-0.39, 0.29) is 24.0 Å². The molecule has 3 nitrogen and oxygen atoms in total. The molecule has 2 N–H and O–H groups in total. The highest BCUT2D eigenvalue weighted by Crippen LogP contribution is 2.16. The minimum atomic E-state index is 0. The molecule has 0 bridgehead atoms. The van der Waals surface area contributed by atoms with Crippen molar-refractivity contribution < 1.29 is 0 Å². The van der Waals surface area contributed by atoms with Gasteiger partial charge >= 0.3 is 0 Å². The number of rotatable bonds is 4. The van der Waals surface area contributed by atoms with Gasteiger partial charge in [-0.2, -0.15) is 0 Å². The van der Waals surface area contributed by atoms with E-state index in [1.165, 1.54) is 11.1 Å². The second kappa shape index (κ2) is 9.61. The Kier molecular flexibility index (Phi) is 9.45. The molecule has 1 aromatic rings. The molecule has 0 saturated heterocycles. The van der Waals surface area contributed by atoms with Crippen molar-refractivity contribution in [3.8, 4) is 0 Å². The molecular weight excluding hydrogens is 405 g/mol. The van der Waals surface area contributed by atoms with Gasteiger partial charge in [0.25, 0.3) is 0 Å². The Bertz CT molecular complexity index is 386. The van der Waals surface area contributed by atoms with Crippen LogP contribution in [-0.4, -0.2) is 19.0 Å². The van der Waals surface area contributed by atoms with E-state index in [2.05, 4.69) is 70.5 Å². The first-order chi connectivity index (χ1) is 8.17. The van der Waals surface area contributed by atoms with Crippen LogP contribution in [-0.2, 0) is 6.54 Å². The SMILES string of the molecule is CCNC(=NCc1ccc(Br)cc1C)NCC.I. The van der Waals surface area contributed by atoms with Crippen LogP contribution in [0.15, 0.2) is 27.7 Å². The van der Waals surface area contributed by atoms with E-state index in [4.69, 9.17) is 0 Å². The summed E-state index contributed by atoms with van der Waals surface area (Å²) in [5.41, 5.74) is 2.51. The average Bonchev–Trinajstić information content (AvgIpc) is 2.28. The lowest BCUT2D eigenvalue weighted by atomic mass is 10.1. The van der Waals surface area contributed by atoms with Crippen molar-refractivity contribution in [2.45, 2.75) is 27.3 Å². The quantitative estimate of drug-likeness (QED) is 0.440. The molecule has 0 heterocycles. The van der Waals surface area contributed by atoms with Gasteiger partial charge in [0.05, 0.1) is 6.54 Å². The molecule has 0 aliphatic rings. The van der Waals surface area contributed by atoms with Crippen LogP contribution in [0.2, 0.25) is 0 Å². The molecule has 102 valence electrons. The van der Waals surface area contributed by atoms with Crippen molar-refractivity contribution in [1.29, 1.82) is 0 Å². The second-order valence-electron chi connectivity index (χ2n) is 3.80. The van der Waals surface area contributed by atoms with E-state index in [0.29, 0.717) is 6.54 Å². The molecule has 0 amide bonds. The van der Waals surface area contributed by atoms with E-state index in [0.717, 1.165) is 23.5 Å². The van der Waals surface area contributed by atoms with E-state index in [1.54, 1.807) is 0 Å². The van der Waals surface area contributed by atoms with E-state index < -0.39 is 0 Å². The zero-order valence-electron chi connectivity index (χ0n) is 11.1. The van der Waals surface area contributed by atoms with Crippen LogP contribution < -0.4 is 10.6 Å². The first-order valence-corrected chi connectivity index (χ1v) is 6.73. The topological polar surface area (TPSA) is 36.4 Å². The Hall–Kier alpha value is -0.300. The summed E-state index contributed by atoms with van der Waals surface area (Å²) in [6, 6.07) is 6.28. The summed E-state index contributed by atoms with van der Waals surface area (Å²) in [4.78, 5) is 4.54. The molecule has 0 atom stereocenters. The molecule has 0 aliphatic heterocycles. The molecule has 0 radical (unpaired) electrons. The van der Waals surface area contributed by atoms with Crippen LogP contribution in [0.1, 0.15) is 25.0 Å². The number of nitrogens with zero attached hydrogens (tertiary/aromatic N) is 1. The Morgan fingerprint density at radius 2 is 1.83 bits per heavy atom. The minimum absolute atomic E-state index is 0. The highest BCUT2D eigenvalue weighted by molar-refractivity contribution is 14.0. The van der Waals surface area contributed by atoms with Crippen LogP contribution in [0.4, 0.5) is 0 Å². The molecule has 0 unspecified atom stereocenters. The summed E-state index contributed by atoms with van der Waals surface area (Å²) in [6.45, 7) is 8.70. The normalized spacial score (nSPS) is 9.33. The van der Waals surface area contributed by atoms with Crippen molar-refractivity contribution >= 4 is 45.9 Å². The molecule has 18 heavy (non-hydrogen) atoms.